The molecule has 0 unspecified atom stereocenters. The molecule has 0 fully saturated rings. The van der Waals surface area contributed by atoms with Crippen molar-refractivity contribution in [3.8, 4) is 5.75 Å². The van der Waals surface area contributed by atoms with Crippen LogP contribution in [0.4, 0.5) is 13.2 Å². The van der Waals surface area contributed by atoms with Crippen LogP contribution in [0.1, 0.15) is 25.3 Å². The minimum atomic E-state index is -4.37. The van der Waals surface area contributed by atoms with Crippen LogP contribution in [-0.2, 0) is 11.0 Å². The van der Waals surface area contributed by atoms with Crippen LogP contribution >= 0.6 is 0 Å². The smallest absolute Gasteiger partial charge is 0.416 e. The van der Waals surface area contributed by atoms with Crippen molar-refractivity contribution in [2.24, 2.45) is 0 Å². The molecular weight excluding hydrogens is 221 g/mol. The minimum absolute atomic E-state index is 0.131. The highest BCUT2D eigenvalue weighted by Gasteiger charge is 2.30. The van der Waals surface area contributed by atoms with E-state index >= 15 is 0 Å². The second kappa shape index (κ2) is 5.01. The molecule has 88 valence electrons. The third kappa shape index (κ3) is 3.56. The Balaban J connectivity index is 2.69. The molecule has 5 heteroatoms. The fourth-order valence-corrected chi connectivity index (χ4v) is 1.10. The first-order chi connectivity index (χ1) is 7.43. The van der Waals surface area contributed by atoms with Crippen LogP contribution in [0.5, 0.6) is 5.75 Å². The molecule has 1 aromatic rings. The molecule has 0 aliphatic carbocycles. The molecule has 1 rings (SSSR count). The standard InChI is InChI=1S/C11H11F3O2/c1-2-3-10(15)16-9-6-4-8(5-7-9)11(12,13)14/h4-7H,2-3H2,1H3. The minimum Gasteiger partial charge on any atom is -0.427 e. The molecule has 0 saturated heterocycles. The lowest BCUT2D eigenvalue weighted by Gasteiger charge is -2.07. The van der Waals surface area contributed by atoms with E-state index in [0.717, 1.165) is 24.3 Å². The van der Waals surface area contributed by atoms with Gasteiger partial charge in [-0.05, 0) is 30.7 Å². The molecule has 0 aromatic heterocycles. The Morgan fingerprint density at radius 2 is 1.81 bits per heavy atom. The summed E-state index contributed by atoms with van der Waals surface area (Å²) in [5, 5.41) is 0. The van der Waals surface area contributed by atoms with E-state index in [-0.39, 0.29) is 12.2 Å². The molecule has 0 aliphatic heterocycles. The van der Waals surface area contributed by atoms with Gasteiger partial charge in [0.25, 0.3) is 0 Å². The molecule has 0 saturated carbocycles. The zero-order valence-electron chi connectivity index (χ0n) is 8.67. The van der Waals surface area contributed by atoms with Crippen LogP contribution in [0.25, 0.3) is 0 Å². The predicted molar refractivity (Wildman–Crippen MR) is 52.0 cm³/mol. The summed E-state index contributed by atoms with van der Waals surface area (Å²) in [5.74, 6) is -0.311. The van der Waals surface area contributed by atoms with Gasteiger partial charge in [-0.1, -0.05) is 6.92 Å². The number of alkyl halides is 3. The highest BCUT2D eigenvalue weighted by atomic mass is 19.4. The monoisotopic (exact) mass is 232 g/mol. The lowest BCUT2D eigenvalue weighted by atomic mass is 10.2. The summed E-state index contributed by atoms with van der Waals surface area (Å²) in [6.45, 7) is 1.81. The molecule has 2 nitrogen and oxygen atoms in total. The summed E-state index contributed by atoms with van der Waals surface area (Å²) in [6, 6.07) is 4.04. The van der Waals surface area contributed by atoms with Crippen molar-refractivity contribution in [2.45, 2.75) is 25.9 Å². The Kier molecular flexibility index (Phi) is 3.93. The molecule has 0 N–H and O–H groups in total. The maximum Gasteiger partial charge on any atom is 0.416 e. The Morgan fingerprint density at radius 3 is 2.25 bits per heavy atom. The lowest BCUT2D eigenvalue weighted by Crippen LogP contribution is -2.08. The first-order valence-corrected chi connectivity index (χ1v) is 4.81. The van der Waals surface area contributed by atoms with Crippen LogP contribution < -0.4 is 4.74 Å². The number of carbonyl (C=O) groups is 1. The van der Waals surface area contributed by atoms with Gasteiger partial charge >= 0.3 is 12.1 Å². The number of carbonyl (C=O) groups excluding carboxylic acids is 1. The van der Waals surface area contributed by atoms with Crippen molar-refractivity contribution in [1.29, 1.82) is 0 Å². The zero-order valence-corrected chi connectivity index (χ0v) is 8.67. The third-order valence-corrected chi connectivity index (χ3v) is 1.87. The van der Waals surface area contributed by atoms with Crippen molar-refractivity contribution in [2.75, 3.05) is 0 Å². The predicted octanol–water partition coefficient (Wildman–Crippen LogP) is 3.41. The van der Waals surface area contributed by atoms with Gasteiger partial charge in [-0.2, -0.15) is 13.2 Å². The molecule has 16 heavy (non-hydrogen) atoms. The van der Waals surface area contributed by atoms with Gasteiger partial charge in [0.1, 0.15) is 5.75 Å². The molecule has 0 heterocycles. The SMILES string of the molecule is CCCC(=O)Oc1ccc(C(F)(F)F)cc1. The van der Waals surface area contributed by atoms with E-state index in [9.17, 15) is 18.0 Å². The summed E-state index contributed by atoms with van der Waals surface area (Å²) in [6.07, 6.45) is -3.48. The van der Waals surface area contributed by atoms with Crippen LogP contribution in [0.3, 0.4) is 0 Å². The van der Waals surface area contributed by atoms with Gasteiger partial charge in [-0.15, -0.1) is 0 Å². The van der Waals surface area contributed by atoms with Crippen LogP contribution in [0.15, 0.2) is 24.3 Å². The van der Waals surface area contributed by atoms with E-state index in [2.05, 4.69) is 0 Å². The van der Waals surface area contributed by atoms with Gasteiger partial charge in [0.05, 0.1) is 5.56 Å². The summed E-state index contributed by atoms with van der Waals surface area (Å²) >= 11 is 0. The van der Waals surface area contributed by atoms with Crippen molar-refractivity contribution in [3.05, 3.63) is 29.8 Å². The molecule has 0 spiro atoms. The van der Waals surface area contributed by atoms with Gasteiger partial charge in [0, 0.05) is 6.42 Å². The largest absolute Gasteiger partial charge is 0.427 e. The fraction of sp³-hybridized carbons (Fsp3) is 0.364. The number of ether oxygens (including phenoxy) is 1. The number of esters is 1. The maximum absolute atomic E-state index is 12.2. The molecule has 0 radical (unpaired) electrons. The molecule has 0 amide bonds. The third-order valence-electron chi connectivity index (χ3n) is 1.87. The van der Waals surface area contributed by atoms with Gasteiger partial charge in [0.15, 0.2) is 0 Å². The quantitative estimate of drug-likeness (QED) is 0.589. The van der Waals surface area contributed by atoms with E-state index in [1.807, 2.05) is 6.92 Å². The summed E-state index contributed by atoms with van der Waals surface area (Å²) in [5.41, 5.74) is -0.761. The maximum atomic E-state index is 12.2. The summed E-state index contributed by atoms with van der Waals surface area (Å²) < 4.78 is 41.4. The lowest BCUT2D eigenvalue weighted by molar-refractivity contribution is -0.137. The van der Waals surface area contributed by atoms with E-state index in [0.29, 0.717) is 6.42 Å². The summed E-state index contributed by atoms with van der Waals surface area (Å²) in [7, 11) is 0. The van der Waals surface area contributed by atoms with Gasteiger partial charge < -0.3 is 4.74 Å². The summed E-state index contributed by atoms with van der Waals surface area (Å²) in [4.78, 5) is 11.0. The van der Waals surface area contributed by atoms with E-state index in [1.165, 1.54) is 0 Å². The number of benzene rings is 1. The highest BCUT2D eigenvalue weighted by molar-refractivity contribution is 5.72. The molecule has 0 atom stereocenters. The Bertz CT molecular complexity index is 354. The number of rotatable bonds is 3. The van der Waals surface area contributed by atoms with Crippen LogP contribution in [0.2, 0.25) is 0 Å². The average molecular weight is 232 g/mol. The van der Waals surface area contributed by atoms with Crippen LogP contribution in [0, 0.1) is 0 Å². The van der Waals surface area contributed by atoms with Gasteiger partial charge in [-0.25, -0.2) is 0 Å². The fourth-order valence-electron chi connectivity index (χ4n) is 1.10. The van der Waals surface area contributed by atoms with Crippen molar-refractivity contribution < 1.29 is 22.7 Å². The second-order valence-electron chi connectivity index (χ2n) is 3.25. The Hall–Kier alpha value is -1.52. The number of hydrogen-bond donors (Lipinski definition) is 0. The molecular formula is C11H11F3O2. The first kappa shape index (κ1) is 12.5. The van der Waals surface area contributed by atoms with Crippen molar-refractivity contribution >= 4 is 5.97 Å². The second-order valence-corrected chi connectivity index (χ2v) is 3.25. The zero-order chi connectivity index (χ0) is 12.2. The highest BCUT2D eigenvalue weighted by Crippen LogP contribution is 2.30. The van der Waals surface area contributed by atoms with E-state index < -0.39 is 17.7 Å². The molecule has 0 aliphatic rings. The van der Waals surface area contributed by atoms with E-state index in [4.69, 9.17) is 4.74 Å². The van der Waals surface area contributed by atoms with Gasteiger partial charge in [0.2, 0.25) is 0 Å². The molecule has 1 aromatic carbocycles. The van der Waals surface area contributed by atoms with Crippen molar-refractivity contribution in [3.63, 3.8) is 0 Å². The first-order valence-electron chi connectivity index (χ1n) is 4.81. The Morgan fingerprint density at radius 1 is 1.25 bits per heavy atom. The number of halogens is 3. The van der Waals surface area contributed by atoms with Gasteiger partial charge in [-0.3, -0.25) is 4.79 Å². The van der Waals surface area contributed by atoms with Crippen LogP contribution in [-0.4, -0.2) is 5.97 Å². The number of hydrogen-bond acceptors (Lipinski definition) is 2. The average Bonchev–Trinajstić information content (AvgIpc) is 2.17. The van der Waals surface area contributed by atoms with E-state index in [1.54, 1.807) is 0 Å². The Labute approximate surface area is 91.0 Å². The molecule has 0 bridgehead atoms. The van der Waals surface area contributed by atoms with Crippen molar-refractivity contribution in [1.82, 2.24) is 0 Å². The topological polar surface area (TPSA) is 26.3 Å². The normalized spacial score (nSPS) is 11.2.